The maximum atomic E-state index is 11.2. The molecule has 110 valence electrons. The lowest BCUT2D eigenvalue weighted by Crippen LogP contribution is -2.38. The molecular formula is C14H20N2O4. The summed E-state index contributed by atoms with van der Waals surface area (Å²) >= 11 is 0. The van der Waals surface area contributed by atoms with Crippen LogP contribution in [0.3, 0.4) is 0 Å². The van der Waals surface area contributed by atoms with Crippen LogP contribution in [0.5, 0.6) is 11.5 Å². The highest BCUT2D eigenvalue weighted by atomic mass is 16.6. The second-order valence-electron chi connectivity index (χ2n) is 5.02. The topological polar surface area (TPSA) is 87.6 Å². The maximum Gasteiger partial charge on any atom is 0.352 e. The van der Waals surface area contributed by atoms with Crippen molar-refractivity contribution in [1.29, 1.82) is 0 Å². The van der Waals surface area contributed by atoms with Crippen LogP contribution >= 0.6 is 0 Å². The first kappa shape index (κ1) is 14.6. The predicted octanol–water partition coefficient (Wildman–Crippen LogP) is 2.64. The van der Waals surface area contributed by atoms with E-state index in [1.807, 2.05) is 0 Å². The Morgan fingerprint density at radius 1 is 1.25 bits per heavy atom. The van der Waals surface area contributed by atoms with Crippen LogP contribution in [0.1, 0.15) is 32.1 Å². The van der Waals surface area contributed by atoms with E-state index in [-0.39, 0.29) is 29.3 Å². The van der Waals surface area contributed by atoms with Gasteiger partial charge in [-0.2, -0.15) is 0 Å². The molecule has 2 atom stereocenters. The minimum Gasteiger partial charge on any atom is -0.490 e. The van der Waals surface area contributed by atoms with Crippen LogP contribution in [0.15, 0.2) is 18.2 Å². The minimum atomic E-state index is -0.476. The zero-order valence-corrected chi connectivity index (χ0v) is 11.6. The lowest BCUT2D eigenvalue weighted by Gasteiger charge is -2.22. The zero-order valence-electron chi connectivity index (χ0n) is 11.6. The van der Waals surface area contributed by atoms with E-state index >= 15 is 0 Å². The summed E-state index contributed by atoms with van der Waals surface area (Å²) in [6, 6.07) is 4.75. The summed E-state index contributed by atoms with van der Waals surface area (Å²) < 4.78 is 10.9. The van der Waals surface area contributed by atoms with Crippen molar-refractivity contribution in [2.75, 3.05) is 7.11 Å². The fourth-order valence-corrected chi connectivity index (χ4v) is 2.55. The van der Waals surface area contributed by atoms with Gasteiger partial charge in [-0.15, -0.1) is 0 Å². The number of nitrogens with two attached hydrogens (primary N) is 1. The number of benzene rings is 1. The highest BCUT2D eigenvalue weighted by molar-refractivity contribution is 5.57. The fourth-order valence-electron chi connectivity index (χ4n) is 2.55. The molecule has 0 radical (unpaired) electrons. The van der Waals surface area contributed by atoms with Crippen LogP contribution < -0.4 is 15.2 Å². The quantitative estimate of drug-likeness (QED) is 0.520. The standard InChI is InChI=1S/C14H20N2O4/c1-19-12-8-5-9-13(14(12)16(17)18)20-11-7-4-2-3-6-10(11)15/h5,8-11H,2-4,6-7,15H2,1H3. The Hall–Kier alpha value is -1.82. The van der Waals surface area contributed by atoms with Gasteiger partial charge in [0.1, 0.15) is 6.10 Å². The Bertz CT molecular complexity index is 478. The first-order valence-corrected chi connectivity index (χ1v) is 6.87. The van der Waals surface area contributed by atoms with Crippen LogP contribution in [-0.4, -0.2) is 24.2 Å². The zero-order chi connectivity index (χ0) is 14.5. The molecule has 0 heterocycles. The van der Waals surface area contributed by atoms with Crippen molar-refractivity contribution in [3.8, 4) is 11.5 Å². The number of nitrogens with zero attached hydrogens (tertiary/aromatic N) is 1. The van der Waals surface area contributed by atoms with Gasteiger partial charge in [0.25, 0.3) is 0 Å². The molecule has 0 spiro atoms. The molecule has 2 rings (SSSR count). The van der Waals surface area contributed by atoms with Crippen molar-refractivity contribution in [1.82, 2.24) is 0 Å². The van der Waals surface area contributed by atoms with Gasteiger partial charge in [0.05, 0.1) is 12.0 Å². The molecular weight excluding hydrogens is 260 g/mol. The van der Waals surface area contributed by atoms with E-state index in [2.05, 4.69) is 0 Å². The normalized spacial score (nSPS) is 22.9. The second-order valence-corrected chi connectivity index (χ2v) is 5.02. The van der Waals surface area contributed by atoms with Crippen LogP contribution in [0.2, 0.25) is 0 Å². The van der Waals surface area contributed by atoms with Crippen LogP contribution in [0, 0.1) is 10.1 Å². The fraction of sp³-hybridized carbons (Fsp3) is 0.571. The van der Waals surface area contributed by atoms with Crippen molar-refractivity contribution in [2.24, 2.45) is 5.73 Å². The number of para-hydroxylation sites is 1. The van der Waals surface area contributed by atoms with Gasteiger partial charge in [-0.1, -0.05) is 18.9 Å². The molecule has 2 unspecified atom stereocenters. The third kappa shape index (κ3) is 3.19. The highest BCUT2D eigenvalue weighted by Crippen LogP contribution is 2.37. The summed E-state index contributed by atoms with van der Waals surface area (Å²) in [5.41, 5.74) is 5.96. The van der Waals surface area contributed by atoms with Crippen molar-refractivity contribution >= 4 is 5.69 Å². The number of methoxy groups -OCH3 is 1. The van der Waals surface area contributed by atoms with E-state index in [9.17, 15) is 10.1 Å². The summed E-state index contributed by atoms with van der Waals surface area (Å²) in [7, 11) is 1.41. The Labute approximate surface area is 118 Å². The minimum absolute atomic E-state index is 0.0803. The van der Waals surface area contributed by atoms with E-state index < -0.39 is 4.92 Å². The molecule has 1 saturated carbocycles. The summed E-state index contributed by atoms with van der Waals surface area (Å²) in [4.78, 5) is 10.7. The number of hydrogen-bond acceptors (Lipinski definition) is 5. The molecule has 1 aliphatic rings. The Morgan fingerprint density at radius 3 is 2.65 bits per heavy atom. The van der Waals surface area contributed by atoms with Crippen molar-refractivity contribution in [3.05, 3.63) is 28.3 Å². The molecule has 1 aromatic carbocycles. The van der Waals surface area contributed by atoms with Gasteiger partial charge in [0, 0.05) is 6.04 Å². The lowest BCUT2D eigenvalue weighted by molar-refractivity contribution is -0.387. The number of rotatable bonds is 4. The van der Waals surface area contributed by atoms with Crippen molar-refractivity contribution in [2.45, 2.75) is 44.2 Å². The van der Waals surface area contributed by atoms with E-state index in [1.54, 1.807) is 18.2 Å². The van der Waals surface area contributed by atoms with E-state index in [0.717, 1.165) is 32.1 Å². The first-order valence-electron chi connectivity index (χ1n) is 6.87. The number of hydrogen-bond donors (Lipinski definition) is 1. The molecule has 0 amide bonds. The van der Waals surface area contributed by atoms with Crippen molar-refractivity contribution in [3.63, 3.8) is 0 Å². The van der Waals surface area contributed by atoms with Crippen LogP contribution in [0.25, 0.3) is 0 Å². The molecule has 6 heteroatoms. The van der Waals surface area contributed by atoms with Crippen LogP contribution in [0.4, 0.5) is 5.69 Å². The Balaban J connectivity index is 2.25. The molecule has 20 heavy (non-hydrogen) atoms. The summed E-state index contributed by atoms with van der Waals surface area (Å²) in [6.45, 7) is 0. The molecule has 1 fully saturated rings. The number of nitro benzene ring substituents is 1. The average molecular weight is 280 g/mol. The highest BCUT2D eigenvalue weighted by Gasteiger charge is 2.27. The molecule has 1 aliphatic carbocycles. The Kier molecular flexibility index (Phi) is 4.79. The summed E-state index contributed by atoms with van der Waals surface area (Å²) in [6.07, 6.45) is 4.80. The van der Waals surface area contributed by atoms with Gasteiger partial charge in [-0.3, -0.25) is 10.1 Å². The van der Waals surface area contributed by atoms with Gasteiger partial charge in [-0.25, -0.2) is 0 Å². The van der Waals surface area contributed by atoms with Crippen LogP contribution in [-0.2, 0) is 0 Å². The third-order valence-electron chi connectivity index (χ3n) is 3.65. The van der Waals surface area contributed by atoms with Gasteiger partial charge in [0.15, 0.2) is 0 Å². The molecule has 1 aromatic rings. The smallest absolute Gasteiger partial charge is 0.352 e. The molecule has 0 aromatic heterocycles. The third-order valence-corrected chi connectivity index (χ3v) is 3.65. The van der Waals surface area contributed by atoms with E-state index in [1.165, 1.54) is 7.11 Å². The average Bonchev–Trinajstić information content (AvgIpc) is 2.63. The molecule has 6 nitrogen and oxygen atoms in total. The maximum absolute atomic E-state index is 11.2. The lowest BCUT2D eigenvalue weighted by atomic mass is 10.1. The monoisotopic (exact) mass is 280 g/mol. The molecule has 0 aliphatic heterocycles. The largest absolute Gasteiger partial charge is 0.490 e. The predicted molar refractivity (Wildman–Crippen MR) is 75.1 cm³/mol. The molecule has 0 saturated heterocycles. The van der Waals surface area contributed by atoms with Gasteiger partial charge >= 0.3 is 5.69 Å². The van der Waals surface area contributed by atoms with E-state index in [4.69, 9.17) is 15.2 Å². The van der Waals surface area contributed by atoms with Crippen molar-refractivity contribution < 1.29 is 14.4 Å². The number of ether oxygens (including phenoxy) is 2. The van der Waals surface area contributed by atoms with Gasteiger partial charge in [0.2, 0.25) is 11.5 Å². The molecule has 2 N–H and O–H groups in total. The summed E-state index contributed by atoms with van der Waals surface area (Å²) in [5.74, 6) is 0.436. The SMILES string of the molecule is COc1cccc(OC2CCCCCC2N)c1[N+](=O)[O-]. The molecule has 0 bridgehead atoms. The first-order chi connectivity index (χ1) is 9.63. The second kappa shape index (κ2) is 6.56. The summed E-state index contributed by atoms with van der Waals surface area (Å²) in [5, 5.41) is 11.2. The number of nitro groups is 1. The Morgan fingerprint density at radius 2 is 1.95 bits per heavy atom. The van der Waals surface area contributed by atoms with Gasteiger partial charge < -0.3 is 15.2 Å². The van der Waals surface area contributed by atoms with Gasteiger partial charge in [-0.05, 0) is 31.4 Å². The van der Waals surface area contributed by atoms with E-state index in [0.29, 0.717) is 0 Å².